The number of aryl methyl sites for hydroxylation is 1. The van der Waals surface area contributed by atoms with E-state index >= 15 is 0 Å². The first-order valence-electron chi connectivity index (χ1n) is 12.0. The molecule has 0 aliphatic rings. The summed E-state index contributed by atoms with van der Waals surface area (Å²) >= 11 is 0. The van der Waals surface area contributed by atoms with E-state index in [-0.39, 0.29) is 5.78 Å². The fourth-order valence-corrected chi connectivity index (χ4v) is 4.38. The highest BCUT2D eigenvalue weighted by Gasteiger charge is 2.16. The SMILES string of the molecule is Cc1ccc(C(=O)/C=C/c2cn(CC(O)CN(CC(C)C)CC(C)C)c3ccccc23)cc1. The van der Waals surface area contributed by atoms with Crippen LogP contribution in [0, 0.1) is 18.8 Å². The summed E-state index contributed by atoms with van der Waals surface area (Å²) in [5, 5.41) is 12.0. The van der Waals surface area contributed by atoms with Crippen molar-refractivity contribution in [3.8, 4) is 0 Å². The van der Waals surface area contributed by atoms with Crippen LogP contribution in [0.25, 0.3) is 17.0 Å². The van der Waals surface area contributed by atoms with Crippen molar-refractivity contribution < 1.29 is 9.90 Å². The number of carbonyl (C=O) groups is 1. The molecule has 3 rings (SSSR count). The van der Waals surface area contributed by atoms with Crippen LogP contribution in [0.5, 0.6) is 0 Å². The topological polar surface area (TPSA) is 45.5 Å². The first-order chi connectivity index (χ1) is 15.7. The van der Waals surface area contributed by atoms with E-state index < -0.39 is 6.10 Å². The Labute approximate surface area is 198 Å². The molecule has 0 bridgehead atoms. The Morgan fingerprint density at radius 3 is 2.24 bits per heavy atom. The molecule has 0 aliphatic heterocycles. The van der Waals surface area contributed by atoms with E-state index in [1.165, 1.54) is 0 Å². The number of para-hydroxylation sites is 1. The van der Waals surface area contributed by atoms with Crippen LogP contribution in [0.4, 0.5) is 0 Å². The quantitative estimate of drug-likeness (QED) is 0.298. The predicted molar refractivity (Wildman–Crippen MR) is 139 cm³/mol. The van der Waals surface area contributed by atoms with Crippen LogP contribution in [-0.4, -0.2) is 46.1 Å². The molecule has 1 N–H and O–H groups in total. The van der Waals surface area contributed by atoms with Crippen molar-refractivity contribution in [2.24, 2.45) is 11.8 Å². The smallest absolute Gasteiger partial charge is 0.185 e. The van der Waals surface area contributed by atoms with E-state index in [1.807, 2.05) is 55.6 Å². The molecule has 176 valence electrons. The first-order valence-corrected chi connectivity index (χ1v) is 12.0. The average molecular weight is 447 g/mol. The highest BCUT2D eigenvalue weighted by Crippen LogP contribution is 2.23. The van der Waals surface area contributed by atoms with Crippen molar-refractivity contribution in [2.45, 2.75) is 47.3 Å². The number of aromatic nitrogens is 1. The van der Waals surface area contributed by atoms with Crippen molar-refractivity contribution in [3.05, 3.63) is 77.5 Å². The highest BCUT2D eigenvalue weighted by atomic mass is 16.3. The van der Waals surface area contributed by atoms with Gasteiger partial charge in [0.2, 0.25) is 0 Å². The van der Waals surface area contributed by atoms with Gasteiger partial charge >= 0.3 is 0 Å². The zero-order valence-corrected chi connectivity index (χ0v) is 20.7. The third-order valence-electron chi connectivity index (χ3n) is 5.69. The molecule has 0 saturated carbocycles. The van der Waals surface area contributed by atoms with Gasteiger partial charge in [0.1, 0.15) is 0 Å². The van der Waals surface area contributed by atoms with Gasteiger partial charge in [-0.3, -0.25) is 4.79 Å². The molecule has 0 radical (unpaired) electrons. The van der Waals surface area contributed by atoms with E-state index in [4.69, 9.17) is 0 Å². The van der Waals surface area contributed by atoms with Crippen LogP contribution >= 0.6 is 0 Å². The van der Waals surface area contributed by atoms with Gasteiger partial charge in [-0.15, -0.1) is 0 Å². The number of allylic oxidation sites excluding steroid dienone is 1. The molecule has 0 amide bonds. The number of rotatable bonds is 11. The molecule has 4 heteroatoms. The number of benzene rings is 2. The van der Waals surface area contributed by atoms with Gasteiger partial charge in [0, 0.05) is 54.4 Å². The van der Waals surface area contributed by atoms with Gasteiger partial charge in [-0.1, -0.05) is 75.7 Å². The Balaban J connectivity index is 1.77. The third-order valence-corrected chi connectivity index (χ3v) is 5.69. The molecule has 1 unspecified atom stereocenters. The standard InChI is InChI=1S/C29H38N2O2/c1-21(2)16-30(17-22(3)4)19-26(32)20-31-18-25(27-8-6-7-9-28(27)31)14-15-29(33)24-12-10-23(5)11-13-24/h6-15,18,21-22,26,32H,16-17,19-20H2,1-5H3/b15-14+. The van der Waals surface area contributed by atoms with Crippen LogP contribution in [-0.2, 0) is 6.54 Å². The molecule has 1 aromatic heterocycles. The molecule has 2 aromatic carbocycles. The number of hydrogen-bond donors (Lipinski definition) is 1. The summed E-state index contributed by atoms with van der Waals surface area (Å²) in [6.45, 7) is 14.0. The Hall–Kier alpha value is -2.69. The summed E-state index contributed by atoms with van der Waals surface area (Å²) in [6, 6.07) is 15.8. The van der Waals surface area contributed by atoms with Gasteiger partial charge in [0.25, 0.3) is 0 Å². The molecule has 0 fully saturated rings. The van der Waals surface area contributed by atoms with Crippen LogP contribution in [0.15, 0.2) is 60.8 Å². The maximum absolute atomic E-state index is 12.6. The average Bonchev–Trinajstić information content (AvgIpc) is 3.09. The van der Waals surface area contributed by atoms with Gasteiger partial charge in [-0.2, -0.15) is 0 Å². The van der Waals surface area contributed by atoms with Crippen LogP contribution in [0.3, 0.4) is 0 Å². The van der Waals surface area contributed by atoms with E-state index in [9.17, 15) is 9.90 Å². The fraction of sp³-hybridized carbons (Fsp3) is 0.414. The van der Waals surface area contributed by atoms with Crippen molar-refractivity contribution in [1.82, 2.24) is 9.47 Å². The second-order valence-corrected chi connectivity index (χ2v) is 9.98. The van der Waals surface area contributed by atoms with Crippen molar-refractivity contribution in [3.63, 3.8) is 0 Å². The van der Waals surface area contributed by atoms with Crippen molar-refractivity contribution >= 4 is 22.8 Å². The van der Waals surface area contributed by atoms with Crippen LogP contribution in [0.2, 0.25) is 0 Å². The first kappa shape index (κ1) is 24.9. The summed E-state index contributed by atoms with van der Waals surface area (Å²) in [7, 11) is 0. The van der Waals surface area contributed by atoms with Crippen LogP contribution < -0.4 is 0 Å². The van der Waals surface area contributed by atoms with Gasteiger partial charge < -0.3 is 14.6 Å². The Morgan fingerprint density at radius 2 is 1.61 bits per heavy atom. The molecular formula is C29H38N2O2. The summed E-state index contributed by atoms with van der Waals surface area (Å²) in [4.78, 5) is 15.0. The highest BCUT2D eigenvalue weighted by molar-refractivity contribution is 6.07. The van der Waals surface area contributed by atoms with Crippen molar-refractivity contribution in [2.75, 3.05) is 19.6 Å². The molecule has 1 atom stereocenters. The second-order valence-electron chi connectivity index (χ2n) is 9.98. The molecule has 0 saturated heterocycles. The number of carbonyl (C=O) groups excluding carboxylic acids is 1. The number of aliphatic hydroxyl groups excluding tert-OH is 1. The molecule has 0 aliphatic carbocycles. The lowest BCUT2D eigenvalue weighted by Crippen LogP contribution is -2.39. The zero-order valence-electron chi connectivity index (χ0n) is 20.7. The lowest BCUT2D eigenvalue weighted by atomic mass is 10.1. The van der Waals surface area contributed by atoms with E-state index in [0.29, 0.717) is 30.5 Å². The lowest BCUT2D eigenvalue weighted by molar-refractivity contribution is 0.0869. The van der Waals surface area contributed by atoms with Gasteiger partial charge in [0.15, 0.2) is 5.78 Å². The Bertz CT molecular complexity index is 1070. The minimum Gasteiger partial charge on any atom is -0.390 e. The van der Waals surface area contributed by atoms with Gasteiger partial charge in [-0.05, 0) is 37.0 Å². The summed E-state index contributed by atoms with van der Waals surface area (Å²) in [6.07, 6.45) is 5.10. The maximum atomic E-state index is 12.6. The normalized spacial score (nSPS) is 13.1. The van der Waals surface area contributed by atoms with E-state index in [1.54, 1.807) is 6.08 Å². The molecule has 33 heavy (non-hydrogen) atoms. The molecule has 1 heterocycles. The zero-order chi connectivity index (χ0) is 24.0. The van der Waals surface area contributed by atoms with Crippen molar-refractivity contribution in [1.29, 1.82) is 0 Å². The molecule has 0 spiro atoms. The lowest BCUT2D eigenvalue weighted by Gasteiger charge is -2.28. The summed E-state index contributed by atoms with van der Waals surface area (Å²) in [5.74, 6) is 1.11. The number of aliphatic hydroxyl groups is 1. The number of hydrogen-bond acceptors (Lipinski definition) is 3. The molecule has 3 aromatic rings. The monoisotopic (exact) mass is 446 g/mol. The predicted octanol–water partition coefficient (Wildman–Crippen LogP) is 5.82. The molecular weight excluding hydrogens is 408 g/mol. The minimum atomic E-state index is -0.468. The minimum absolute atomic E-state index is 0.00937. The van der Waals surface area contributed by atoms with Gasteiger partial charge in [0.05, 0.1) is 6.10 Å². The fourth-order valence-electron chi connectivity index (χ4n) is 4.38. The number of fused-ring (bicyclic) bond motifs is 1. The summed E-state index contributed by atoms with van der Waals surface area (Å²) in [5.41, 5.74) is 3.88. The van der Waals surface area contributed by atoms with Crippen LogP contribution in [0.1, 0.15) is 49.2 Å². The maximum Gasteiger partial charge on any atom is 0.185 e. The summed E-state index contributed by atoms with van der Waals surface area (Å²) < 4.78 is 2.11. The second kappa shape index (κ2) is 11.4. The third kappa shape index (κ3) is 7.15. The van der Waals surface area contributed by atoms with Gasteiger partial charge in [-0.25, -0.2) is 0 Å². The number of nitrogens with zero attached hydrogens (tertiary/aromatic N) is 2. The Kier molecular flexibility index (Phi) is 8.65. The molecule has 4 nitrogen and oxygen atoms in total. The number of ketones is 1. The largest absolute Gasteiger partial charge is 0.390 e. The van der Waals surface area contributed by atoms with E-state index in [0.717, 1.165) is 35.1 Å². The van der Waals surface area contributed by atoms with E-state index in [2.05, 4.69) is 49.3 Å². The Morgan fingerprint density at radius 1 is 0.970 bits per heavy atom.